The summed E-state index contributed by atoms with van der Waals surface area (Å²) in [4.78, 5) is 12.1. The average Bonchev–Trinajstić information content (AvgIpc) is 2.38. The number of hydrogen-bond donors (Lipinski definition) is 1. The summed E-state index contributed by atoms with van der Waals surface area (Å²) < 4.78 is 5.17. The molecule has 0 heterocycles. The van der Waals surface area contributed by atoms with Crippen LogP contribution in [0.3, 0.4) is 0 Å². The summed E-state index contributed by atoms with van der Waals surface area (Å²) in [5.74, 6) is -0.178. The van der Waals surface area contributed by atoms with Crippen molar-refractivity contribution < 1.29 is 9.53 Å². The van der Waals surface area contributed by atoms with E-state index in [-0.39, 0.29) is 5.97 Å². The van der Waals surface area contributed by atoms with Crippen LogP contribution in [0, 0.1) is 0 Å². The van der Waals surface area contributed by atoms with Crippen LogP contribution in [0.4, 0.5) is 0 Å². The lowest BCUT2D eigenvalue weighted by Gasteiger charge is -2.28. The van der Waals surface area contributed by atoms with Gasteiger partial charge in [0.1, 0.15) is 5.54 Å². The molecule has 0 aromatic heterocycles. The van der Waals surface area contributed by atoms with Gasteiger partial charge in [-0.15, -0.1) is 0 Å². The molecule has 0 saturated carbocycles. The van der Waals surface area contributed by atoms with Crippen molar-refractivity contribution in [2.45, 2.75) is 39.2 Å². The van der Waals surface area contributed by atoms with Crippen LogP contribution < -0.4 is 5.32 Å². The van der Waals surface area contributed by atoms with E-state index in [0.717, 1.165) is 18.5 Å². The summed E-state index contributed by atoms with van der Waals surface area (Å²) in [5, 5.41) is 3.30. The fourth-order valence-electron chi connectivity index (χ4n) is 1.90. The van der Waals surface area contributed by atoms with Crippen molar-refractivity contribution in [2.75, 3.05) is 13.2 Å². The Kier molecular flexibility index (Phi) is 5.86. The Balaban J connectivity index is 2.80. The largest absolute Gasteiger partial charge is 0.465 e. The molecule has 1 N–H and O–H groups in total. The first-order chi connectivity index (χ1) is 8.62. The summed E-state index contributed by atoms with van der Waals surface area (Å²) in [6, 6.07) is 10.0. The van der Waals surface area contributed by atoms with Gasteiger partial charge in [0.05, 0.1) is 6.61 Å². The number of ether oxygens (including phenoxy) is 1. The zero-order valence-electron chi connectivity index (χ0n) is 11.5. The molecule has 0 radical (unpaired) electrons. The molecule has 0 fully saturated rings. The number of carbonyl (C=O) groups excluding carboxylic acids is 1. The lowest BCUT2D eigenvalue weighted by molar-refractivity contribution is -0.150. The van der Waals surface area contributed by atoms with Crippen LogP contribution in [0.5, 0.6) is 0 Å². The molecular formula is C15H23NO2. The quantitative estimate of drug-likeness (QED) is 0.755. The molecule has 1 unspecified atom stereocenters. The van der Waals surface area contributed by atoms with E-state index in [4.69, 9.17) is 4.74 Å². The van der Waals surface area contributed by atoms with E-state index in [0.29, 0.717) is 13.0 Å². The van der Waals surface area contributed by atoms with Gasteiger partial charge in [0, 0.05) is 6.42 Å². The molecule has 100 valence electrons. The van der Waals surface area contributed by atoms with Crippen molar-refractivity contribution in [3.8, 4) is 0 Å². The predicted molar refractivity (Wildman–Crippen MR) is 73.5 cm³/mol. The number of benzene rings is 1. The first-order valence-electron chi connectivity index (χ1n) is 6.58. The Morgan fingerprint density at radius 2 is 1.94 bits per heavy atom. The molecule has 0 spiro atoms. The summed E-state index contributed by atoms with van der Waals surface area (Å²) in [6.07, 6.45) is 1.64. The van der Waals surface area contributed by atoms with Gasteiger partial charge in [0.2, 0.25) is 0 Å². The third-order valence-electron chi connectivity index (χ3n) is 2.89. The molecule has 1 atom stereocenters. The van der Waals surface area contributed by atoms with E-state index in [1.54, 1.807) is 0 Å². The second-order valence-corrected chi connectivity index (χ2v) is 4.64. The minimum absolute atomic E-state index is 0.178. The van der Waals surface area contributed by atoms with E-state index in [9.17, 15) is 4.79 Å². The maximum absolute atomic E-state index is 12.1. The highest BCUT2D eigenvalue weighted by Crippen LogP contribution is 2.15. The Hall–Kier alpha value is -1.35. The first kappa shape index (κ1) is 14.7. The molecule has 0 aliphatic heterocycles. The van der Waals surface area contributed by atoms with Gasteiger partial charge in [0.25, 0.3) is 0 Å². The van der Waals surface area contributed by atoms with E-state index in [2.05, 4.69) is 12.2 Å². The topological polar surface area (TPSA) is 38.3 Å². The molecule has 1 rings (SSSR count). The second-order valence-electron chi connectivity index (χ2n) is 4.64. The summed E-state index contributed by atoms with van der Waals surface area (Å²) in [6.45, 7) is 7.05. The molecule has 3 nitrogen and oxygen atoms in total. The van der Waals surface area contributed by atoms with Gasteiger partial charge in [-0.2, -0.15) is 0 Å². The van der Waals surface area contributed by atoms with Gasteiger partial charge in [0.15, 0.2) is 0 Å². The van der Waals surface area contributed by atoms with Crippen molar-refractivity contribution >= 4 is 5.97 Å². The van der Waals surface area contributed by atoms with Crippen molar-refractivity contribution in [1.82, 2.24) is 5.32 Å². The molecule has 0 bridgehead atoms. The molecule has 0 aliphatic rings. The predicted octanol–water partition coefficient (Wildman–Crippen LogP) is 2.55. The van der Waals surface area contributed by atoms with Crippen LogP contribution in [-0.2, 0) is 16.0 Å². The highest BCUT2D eigenvalue weighted by atomic mass is 16.5. The van der Waals surface area contributed by atoms with Gasteiger partial charge in [-0.25, -0.2) is 0 Å². The summed E-state index contributed by atoms with van der Waals surface area (Å²) in [5.41, 5.74) is 0.490. The Labute approximate surface area is 110 Å². The fraction of sp³-hybridized carbons (Fsp3) is 0.533. The van der Waals surface area contributed by atoms with E-state index in [1.165, 1.54) is 0 Å². The van der Waals surface area contributed by atoms with E-state index in [1.807, 2.05) is 44.2 Å². The highest BCUT2D eigenvalue weighted by molar-refractivity contribution is 5.80. The molecule has 1 aromatic carbocycles. The van der Waals surface area contributed by atoms with Gasteiger partial charge in [-0.05, 0) is 32.4 Å². The molecule has 0 aliphatic carbocycles. The second kappa shape index (κ2) is 7.17. The van der Waals surface area contributed by atoms with E-state index >= 15 is 0 Å². The third-order valence-corrected chi connectivity index (χ3v) is 2.89. The molecule has 3 heteroatoms. The van der Waals surface area contributed by atoms with Crippen LogP contribution in [0.2, 0.25) is 0 Å². The molecular weight excluding hydrogens is 226 g/mol. The summed E-state index contributed by atoms with van der Waals surface area (Å²) in [7, 11) is 0. The lowest BCUT2D eigenvalue weighted by atomic mass is 9.92. The standard InChI is InChI=1S/C15H23NO2/c1-4-11-16-15(3,14(17)18-5-2)12-13-9-7-6-8-10-13/h6-10,16H,4-5,11-12H2,1-3H3. The minimum atomic E-state index is -0.645. The molecule has 18 heavy (non-hydrogen) atoms. The van der Waals surface area contributed by atoms with Crippen molar-refractivity contribution in [3.05, 3.63) is 35.9 Å². The van der Waals surface area contributed by atoms with Gasteiger partial charge in [-0.3, -0.25) is 4.79 Å². The van der Waals surface area contributed by atoms with Gasteiger partial charge in [-0.1, -0.05) is 37.3 Å². The molecule has 0 amide bonds. The lowest BCUT2D eigenvalue weighted by Crippen LogP contribution is -2.52. The monoisotopic (exact) mass is 249 g/mol. The van der Waals surface area contributed by atoms with E-state index < -0.39 is 5.54 Å². The van der Waals surface area contributed by atoms with Crippen LogP contribution >= 0.6 is 0 Å². The van der Waals surface area contributed by atoms with Gasteiger partial charge < -0.3 is 10.1 Å². The number of hydrogen-bond acceptors (Lipinski definition) is 3. The molecule has 1 aromatic rings. The SMILES string of the molecule is CCCNC(C)(Cc1ccccc1)C(=O)OCC. The zero-order valence-corrected chi connectivity index (χ0v) is 11.5. The number of carbonyl (C=O) groups is 1. The maximum Gasteiger partial charge on any atom is 0.326 e. The van der Waals surface area contributed by atoms with Crippen LogP contribution in [0.25, 0.3) is 0 Å². The first-order valence-corrected chi connectivity index (χ1v) is 6.58. The van der Waals surface area contributed by atoms with Crippen LogP contribution in [0.1, 0.15) is 32.8 Å². The van der Waals surface area contributed by atoms with Crippen molar-refractivity contribution in [1.29, 1.82) is 0 Å². The third kappa shape index (κ3) is 4.15. The smallest absolute Gasteiger partial charge is 0.326 e. The van der Waals surface area contributed by atoms with Crippen molar-refractivity contribution in [2.24, 2.45) is 0 Å². The molecule has 0 saturated heterocycles. The normalized spacial score (nSPS) is 13.9. The maximum atomic E-state index is 12.1. The number of rotatable bonds is 7. The Morgan fingerprint density at radius 3 is 2.50 bits per heavy atom. The fourth-order valence-corrected chi connectivity index (χ4v) is 1.90. The highest BCUT2D eigenvalue weighted by Gasteiger charge is 2.34. The number of nitrogens with one attached hydrogen (secondary N) is 1. The Bertz CT molecular complexity index is 364. The summed E-state index contributed by atoms with van der Waals surface area (Å²) >= 11 is 0. The van der Waals surface area contributed by atoms with Crippen LogP contribution in [-0.4, -0.2) is 24.7 Å². The zero-order chi connectivity index (χ0) is 13.4. The average molecular weight is 249 g/mol. The number of esters is 1. The Morgan fingerprint density at radius 1 is 1.28 bits per heavy atom. The minimum Gasteiger partial charge on any atom is -0.465 e. The van der Waals surface area contributed by atoms with Gasteiger partial charge >= 0.3 is 5.97 Å². The van der Waals surface area contributed by atoms with Crippen LogP contribution in [0.15, 0.2) is 30.3 Å². The van der Waals surface area contributed by atoms with Crippen molar-refractivity contribution in [3.63, 3.8) is 0 Å².